The van der Waals surface area contributed by atoms with E-state index in [-0.39, 0.29) is 5.57 Å². The number of nitrogens with zero attached hydrogens (tertiary/aromatic N) is 2. The van der Waals surface area contributed by atoms with Crippen LogP contribution < -0.4 is 15.1 Å². The van der Waals surface area contributed by atoms with E-state index in [9.17, 15) is 14.4 Å². The molecule has 2 aliphatic heterocycles. The van der Waals surface area contributed by atoms with E-state index in [1.807, 2.05) is 4.90 Å². The number of hydrogen-bond acceptors (Lipinski definition) is 6. The molecule has 3 heterocycles. The van der Waals surface area contributed by atoms with Crippen LogP contribution in [0.15, 0.2) is 44.8 Å². The van der Waals surface area contributed by atoms with Gasteiger partial charge in [-0.25, -0.2) is 9.69 Å². The lowest BCUT2D eigenvalue weighted by molar-refractivity contribution is -0.122. The van der Waals surface area contributed by atoms with Crippen molar-refractivity contribution in [3.05, 3.63) is 51.7 Å². The van der Waals surface area contributed by atoms with Crippen LogP contribution in [0.2, 0.25) is 0 Å². The van der Waals surface area contributed by atoms with Gasteiger partial charge in [-0.2, -0.15) is 0 Å². The Morgan fingerprint density at radius 3 is 2.59 bits per heavy atom. The van der Waals surface area contributed by atoms with Crippen molar-refractivity contribution >= 4 is 51.4 Å². The Balaban J connectivity index is 1.67. The van der Waals surface area contributed by atoms with E-state index in [1.54, 1.807) is 37.3 Å². The number of amides is 4. The number of nitrogens with one attached hydrogen (secondary N) is 1. The Kier molecular flexibility index (Phi) is 5.25. The fourth-order valence-corrected chi connectivity index (χ4v) is 3.82. The lowest BCUT2D eigenvalue weighted by atomic mass is 10.1. The van der Waals surface area contributed by atoms with E-state index in [2.05, 4.69) is 21.2 Å². The van der Waals surface area contributed by atoms with Crippen molar-refractivity contribution in [3.8, 4) is 0 Å². The molecular weight excluding hydrogens is 442 g/mol. The molecule has 1 aromatic carbocycles. The first-order chi connectivity index (χ1) is 14.0. The smallest absolute Gasteiger partial charge is 0.335 e. The number of rotatable bonds is 3. The van der Waals surface area contributed by atoms with Crippen molar-refractivity contribution in [1.82, 2.24) is 5.32 Å². The van der Waals surface area contributed by atoms with Crippen LogP contribution in [0.1, 0.15) is 11.3 Å². The number of halogens is 1. The molecule has 1 aromatic heterocycles. The summed E-state index contributed by atoms with van der Waals surface area (Å²) in [5.74, 6) is -0.523. The minimum atomic E-state index is -0.777. The summed E-state index contributed by atoms with van der Waals surface area (Å²) >= 11 is 3.46. The number of para-hydroxylation sites is 1. The topological polar surface area (TPSA) is 92.1 Å². The number of carbonyl (C=O) groups excluding carboxylic acids is 3. The maximum atomic E-state index is 13.0. The molecule has 2 fully saturated rings. The Hall–Kier alpha value is -2.91. The highest BCUT2D eigenvalue weighted by Crippen LogP contribution is 2.32. The number of benzene rings is 1. The van der Waals surface area contributed by atoms with Gasteiger partial charge in [0, 0.05) is 19.2 Å². The maximum absolute atomic E-state index is 13.0. The van der Waals surface area contributed by atoms with Gasteiger partial charge in [0.1, 0.15) is 11.3 Å². The van der Waals surface area contributed by atoms with E-state index in [0.29, 0.717) is 48.1 Å². The second kappa shape index (κ2) is 7.84. The van der Waals surface area contributed by atoms with Gasteiger partial charge in [0.25, 0.3) is 11.8 Å². The van der Waals surface area contributed by atoms with E-state index < -0.39 is 17.8 Å². The molecule has 0 bridgehead atoms. The molecule has 2 saturated heterocycles. The van der Waals surface area contributed by atoms with Gasteiger partial charge in [0.05, 0.1) is 23.4 Å². The third kappa shape index (κ3) is 3.70. The Morgan fingerprint density at radius 1 is 1.14 bits per heavy atom. The van der Waals surface area contributed by atoms with Crippen LogP contribution in [0, 0.1) is 6.92 Å². The molecule has 0 spiro atoms. The molecule has 0 unspecified atom stereocenters. The number of hydrogen-bond donors (Lipinski definition) is 1. The molecular formula is C20H18BrN3O5. The summed E-state index contributed by atoms with van der Waals surface area (Å²) in [7, 11) is 0. The van der Waals surface area contributed by atoms with Crippen LogP contribution >= 0.6 is 15.9 Å². The first kappa shape index (κ1) is 19.4. The first-order valence-electron chi connectivity index (χ1n) is 9.05. The highest BCUT2D eigenvalue weighted by molar-refractivity contribution is 9.10. The molecule has 2 aromatic rings. The van der Waals surface area contributed by atoms with Gasteiger partial charge < -0.3 is 14.1 Å². The molecule has 0 atom stereocenters. The molecule has 0 aliphatic carbocycles. The number of anilines is 2. The van der Waals surface area contributed by atoms with Crippen LogP contribution in [0.3, 0.4) is 0 Å². The van der Waals surface area contributed by atoms with Gasteiger partial charge in [-0.1, -0.05) is 18.2 Å². The number of morpholine rings is 1. The number of imide groups is 2. The summed E-state index contributed by atoms with van der Waals surface area (Å²) in [4.78, 5) is 40.6. The summed E-state index contributed by atoms with van der Waals surface area (Å²) in [6.07, 6.45) is 1.35. The molecule has 4 amide bonds. The number of furan rings is 1. The van der Waals surface area contributed by atoms with Crippen LogP contribution in [0.25, 0.3) is 6.08 Å². The summed E-state index contributed by atoms with van der Waals surface area (Å²) in [6, 6.07) is 7.88. The third-order valence-electron chi connectivity index (χ3n) is 4.73. The molecule has 4 rings (SSSR count). The van der Waals surface area contributed by atoms with Crippen LogP contribution in [-0.4, -0.2) is 44.1 Å². The minimum absolute atomic E-state index is 0.178. The number of carbonyl (C=O) groups is 3. The molecule has 0 saturated carbocycles. The van der Waals surface area contributed by atoms with Crippen molar-refractivity contribution in [2.45, 2.75) is 6.92 Å². The van der Waals surface area contributed by atoms with Crippen LogP contribution in [-0.2, 0) is 14.3 Å². The van der Waals surface area contributed by atoms with Crippen molar-refractivity contribution in [2.24, 2.45) is 0 Å². The Morgan fingerprint density at radius 2 is 1.86 bits per heavy atom. The zero-order chi connectivity index (χ0) is 20.5. The molecule has 8 nitrogen and oxygen atoms in total. The van der Waals surface area contributed by atoms with E-state index >= 15 is 0 Å². The fraction of sp³-hybridized carbons (Fsp3) is 0.250. The number of urea groups is 1. The molecule has 9 heteroatoms. The van der Waals surface area contributed by atoms with Crippen molar-refractivity contribution < 1.29 is 23.5 Å². The van der Waals surface area contributed by atoms with Gasteiger partial charge in [-0.3, -0.25) is 14.9 Å². The van der Waals surface area contributed by atoms with E-state index in [4.69, 9.17) is 9.15 Å². The van der Waals surface area contributed by atoms with Crippen molar-refractivity contribution in [2.75, 3.05) is 36.1 Å². The molecule has 0 radical (unpaired) electrons. The third-order valence-corrected chi connectivity index (χ3v) is 5.30. The zero-order valence-corrected chi connectivity index (χ0v) is 17.2. The van der Waals surface area contributed by atoms with Crippen LogP contribution in [0.4, 0.5) is 16.4 Å². The van der Waals surface area contributed by atoms with Gasteiger partial charge in [-0.15, -0.1) is 0 Å². The highest BCUT2D eigenvalue weighted by Gasteiger charge is 2.37. The predicted molar refractivity (Wildman–Crippen MR) is 110 cm³/mol. The van der Waals surface area contributed by atoms with Gasteiger partial charge in [-0.05, 0) is 40.6 Å². The molecule has 150 valence electrons. The Bertz CT molecular complexity index is 1020. The van der Waals surface area contributed by atoms with Crippen molar-refractivity contribution in [1.29, 1.82) is 0 Å². The summed E-state index contributed by atoms with van der Waals surface area (Å²) in [5.41, 5.74) is 0.978. The van der Waals surface area contributed by atoms with Gasteiger partial charge >= 0.3 is 6.03 Å². The second-order valence-corrected chi connectivity index (χ2v) is 7.50. The fourth-order valence-electron chi connectivity index (χ4n) is 3.26. The van der Waals surface area contributed by atoms with Gasteiger partial charge in [0.2, 0.25) is 5.88 Å². The lowest BCUT2D eigenvalue weighted by Gasteiger charge is -2.27. The average molecular weight is 460 g/mol. The normalized spacial score (nSPS) is 19.1. The molecule has 29 heavy (non-hydrogen) atoms. The number of barbiturate groups is 1. The largest absolute Gasteiger partial charge is 0.440 e. The number of aryl methyl sites for hydroxylation is 1. The summed E-state index contributed by atoms with van der Waals surface area (Å²) < 4.78 is 11.9. The molecule has 2 aliphatic rings. The quantitative estimate of drug-likeness (QED) is 0.560. The monoisotopic (exact) mass is 459 g/mol. The molecule has 1 N–H and O–H groups in total. The van der Waals surface area contributed by atoms with E-state index in [1.165, 1.54) is 6.08 Å². The Labute approximate surface area is 175 Å². The maximum Gasteiger partial charge on any atom is 0.335 e. The zero-order valence-electron chi connectivity index (χ0n) is 15.6. The average Bonchev–Trinajstić information content (AvgIpc) is 3.07. The predicted octanol–water partition coefficient (Wildman–Crippen LogP) is 2.85. The first-order valence-corrected chi connectivity index (χ1v) is 9.84. The highest BCUT2D eigenvalue weighted by atomic mass is 79.9. The SMILES string of the molecule is Cc1ccccc1N1C(=O)NC(=O)C(=Cc2cc(Br)c(N3CCOCC3)o2)C1=O. The van der Waals surface area contributed by atoms with Crippen LogP contribution in [0.5, 0.6) is 0 Å². The second-order valence-electron chi connectivity index (χ2n) is 6.65. The standard InChI is InChI=1S/C20H18BrN3O5/c1-12-4-2-3-5-16(12)24-18(26)14(17(25)22-20(24)27)10-13-11-15(21)19(29-13)23-6-8-28-9-7-23/h2-5,10-11H,6-9H2,1H3,(H,22,25,27). The van der Waals surface area contributed by atoms with E-state index in [0.717, 1.165) is 10.5 Å². The van der Waals surface area contributed by atoms with Gasteiger partial charge in [0.15, 0.2) is 0 Å². The van der Waals surface area contributed by atoms with Crippen molar-refractivity contribution in [3.63, 3.8) is 0 Å². The number of ether oxygens (including phenoxy) is 1. The lowest BCUT2D eigenvalue weighted by Crippen LogP contribution is -2.54. The minimum Gasteiger partial charge on any atom is -0.440 e. The summed E-state index contributed by atoms with van der Waals surface area (Å²) in [6.45, 7) is 4.33. The summed E-state index contributed by atoms with van der Waals surface area (Å²) in [5, 5.41) is 2.22.